The van der Waals surface area contributed by atoms with E-state index in [1.807, 2.05) is 12.2 Å². The molecule has 0 spiro atoms. The third-order valence-electron chi connectivity index (χ3n) is 1.78. The van der Waals surface area contributed by atoms with Crippen molar-refractivity contribution in [2.75, 3.05) is 0 Å². The van der Waals surface area contributed by atoms with Crippen molar-refractivity contribution in [1.29, 1.82) is 0 Å². The summed E-state index contributed by atoms with van der Waals surface area (Å²) in [5.41, 5.74) is 2.63. The molecule has 0 amide bonds. The molecule has 0 heterocycles. The fourth-order valence-corrected chi connectivity index (χ4v) is 1.14. The van der Waals surface area contributed by atoms with E-state index in [9.17, 15) is 0 Å². The molecule has 1 atom stereocenters. The molecule has 0 radical (unpaired) electrons. The van der Waals surface area contributed by atoms with Crippen molar-refractivity contribution in [2.45, 2.75) is 12.8 Å². The predicted octanol–water partition coefficient (Wildman–Crippen LogP) is 3.20. The summed E-state index contributed by atoms with van der Waals surface area (Å²) in [6.07, 6.45) is 5.74. The topological polar surface area (TPSA) is 0 Å². The average Bonchev–Trinajstić information content (AvgIpc) is 2.09. The molecule has 0 aliphatic rings. The third kappa shape index (κ3) is 4.05. The van der Waals surface area contributed by atoms with E-state index >= 15 is 0 Å². The molecule has 1 aromatic rings. The fourth-order valence-electron chi connectivity index (χ4n) is 1.14. The van der Waals surface area contributed by atoms with Gasteiger partial charge in [-0.3, -0.25) is 0 Å². The Hall–Kier alpha value is -0.870. The highest BCUT2D eigenvalue weighted by Crippen LogP contribution is 2.06. The van der Waals surface area contributed by atoms with Crippen LogP contribution in [0.3, 0.4) is 0 Å². The largest absolute Gasteiger partial charge is 0.153 e. The van der Waals surface area contributed by atoms with E-state index in [0.717, 1.165) is 12.8 Å². The first kappa shape index (κ1) is 12.1. The van der Waals surface area contributed by atoms with Crippen LogP contribution in [0.25, 0.3) is 0 Å². The number of hydrogen-bond acceptors (Lipinski definition) is 0. The van der Waals surface area contributed by atoms with E-state index in [1.54, 1.807) is 0 Å². The van der Waals surface area contributed by atoms with Gasteiger partial charge in [-0.1, -0.05) is 36.4 Å². The van der Waals surface area contributed by atoms with Gasteiger partial charge in [0.15, 0.2) is 0 Å². The van der Waals surface area contributed by atoms with Crippen LogP contribution in [0.2, 0.25) is 0 Å². The monoisotopic (exact) mass is 192 g/mol. The highest BCUT2D eigenvalue weighted by atomic mass is 31.0. The lowest BCUT2D eigenvalue weighted by molar-refractivity contribution is 1.22. The van der Waals surface area contributed by atoms with Gasteiger partial charge in [-0.25, -0.2) is 0 Å². The Bertz CT molecular complexity index is 230. The van der Waals surface area contributed by atoms with Crippen molar-refractivity contribution < 1.29 is 0 Å². The normalized spacial score (nSPS) is 8.62. The minimum absolute atomic E-state index is 0. The van der Waals surface area contributed by atoms with Gasteiger partial charge in [0, 0.05) is 0 Å². The minimum Gasteiger partial charge on any atom is -0.153 e. The number of allylic oxidation sites excluding steroid dienone is 2. The molecule has 0 saturated carbocycles. The first-order valence-electron chi connectivity index (χ1n) is 4.16. The summed E-state index contributed by atoms with van der Waals surface area (Å²) < 4.78 is 0. The van der Waals surface area contributed by atoms with Crippen LogP contribution in [0, 0.1) is 0 Å². The smallest absolute Gasteiger partial charge is 0.0100 e. The van der Waals surface area contributed by atoms with E-state index in [0.29, 0.717) is 0 Å². The zero-order valence-corrected chi connectivity index (χ0v) is 9.41. The van der Waals surface area contributed by atoms with E-state index in [2.05, 4.69) is 37.4 Å². The van der Waals surface area contributed by atoms with Gasteiger partial charge in [-0.05, 0) is 24.0 Å². The summed E-state index contributed by atoms with van der Waals surface area (Å²) in [7, 11) is 0. The molecular formula is C12H17P. The van der Waals surface area contributed by atoms with Gasteiger partial charge in [0.2, 0.25) is 0 Å². The first-order valence-corrected chi connectivity index (χ1v) is 4.16. The van der Waals surface area contributed by atoms with Gasteiger partial charge < -0.3 is 0 Å². The Labute approximate surface area is 84.0 Å². The lowest BCUT2D eigenvalue weighted by Crippen LogP contribution is -1.83. The van der Waals surface area contributed by atoms with Gasteiger partial charge in [0.25, 0.3) is 0 Å². The van der Waals surface area contributed by atoms with Gasteiger partial charge in [-0.15, -0.1) is 13.2 Å². The molecule has 0 aliphatic heterocycles. The molecule has 1 aromatic carbocycles. The lowest BCUT2D eigenvalue weighted by Gasteiger charge is -1.98. The molecular weight excluding hydrogens is 175 g/mol. The van der Waals surface area contributed by atoms with Crippen molar-refractivity contribution >= 4 is 9.90 Å². The van der Waals surface area contributed by atoms with Crippen LogP contribution in [-0.4, -0.2) is 0 Å². The highest BCUT2D eigenvalue weighted by Gasteiger charge is 1.90. The predicted molar refractivity (Wildman–Crippen MR) is 65.3 cm³/mol. The van der Waals surface area contributed by atoms with E-state index < -0.39 is 0 Å². The molecule has 0 aromatic heterocycles. The molecule has 0 fully saturated rings. The van der Waals surface area contributed by atoms with Crippen LogP contribution >= 0.6 is 9.90 Å². The van der Waals surface area contributed by atoms with Crippen molar-refractivity contribution in [3.8, 4) is 0 Å². The lowest BCUT2D eigenvalue weighted by atomic mass is 10.1. The first-order chi connectivity index (χ1) is 5.86. The maximum absolute atomic E-state index is 3.70. The highest BCUT2D eigenvalue weighted by molar-refractivity contribution is 6.92. The Morgan fingerprint density at radius 3 is 1.38 bits per heavy atom. The molecule has 0 saturated heterocycles. The zero-order chi connectivity index (χ0) is 8.81. The quantitative estimate of drug-likeness (QED) is 0.507. The molecule has 0 nitrogen and oxygen atoms in total. The molecule has 13 heavy (non-hydrogen) atoms. The van der Waals surface area contributed by atoms with Crippen LogP contribution in [0.15, 0.2) is 49.6 Å². The second kappa shape index (κ2) is 6.62. The van der Waals surface area contributed by atoms with Crippen molar-refractivity contribution in [2.24, 2.45) is 0 Å². The molecule has 0 aliphatic carbocycles. The Morgan fingerprint density at radius 2 is 1.15 bits per heavy atom. The standard InChI is InChI=1S/C12H14.H3P/c1-3-5-11-7-9-12(6-4-2)10-8-11;/h3-4,7-10H,1-2,5-6H2;1H3. The maximum atomic E-state index is 3.70. The summed E-state index contributed by atoms with van der Waals surface area (Å²) in [6, 6.07) is 8.56. The average molecular weight is 192 g/mol. The van der Waals surface area contributed by atoms with Crippen molar-refractivity contribution in [3.63, 3.8) is 0 Å². The summed E-state index contributed by atoms with van der Waals surface area (Å²) in [6.45, 7) is 7.40. The van der Waals surface area contributed by atoms with Gasteiger partial charge in [0.05, 0.1) is 0 Å². The van der Waals surface area contributed by atoms with Gasteiger partial charge in [-0.2, -0.15) is 9.90 Å². The third-order valence-corrected chi connectivity index (χ3v) is 1.78. The molecule has 0 N–H and O–H groups in total. The number of benzene rings is 1. The van der Waals surface area contributed by atoms with Crippen LogP contribution in [0.1, 0.15) is 11.1 Å². The Kier molecular flexibility index (Phi) is 6.18. The molecule has 70 valence electrons. The summed E-state index contributed by atoms with van der Waals surface area (Å²) in [5, 5.41) is 0. The SMILES string of the molecule is C=CCc1ccc(CC=C)cc1.P. The Balaban J connectivity index is 0.00000144. The van der Waals surface area contributed by atoms with Crippen LogP contribution in [-0.2, 0) is 12.8 Å². The maximum Gasteiger partial charge on any atom is -0.0100 e. The Morgan fingerprint density at radius 1 is 0.846 bits per heavy atom. The van der Waals surface area contributed by atoms with E-state index in [4.69, 9.17) is 0 Å². The molecule has 1 unspecified atom stereocenters. The minimum atomic E-state index is 0. The summed E-state index contributed by atoms with van der Waals surface area (Å²) in [4.78, 5) is 0. The van der Waals surface area contributed by atoms with Crippen LogP contribution in [0.4, 0.5) is 0 Å². The fraction of sp³-hybridized carbons (Fsp3) is 0.167. The second-order valence-electron chi connectivity index (χ2n) is 2.80. The van der Waals surface area contributed by atoms with Gasteiger partial charge >= 0.3 is 0 Å². The number of rotatable bonds is 4. The van der Waals surface area contributed by atoms with Crippen molar-refractivity contribution in [1.82, 2.24) is 0 Å². The van der Waals surface area contributed by atoms with Crippen LogP contribution < -0.4 is 0 Å². The van der Waals surface area contributed by atoms with Gasteiger partial charge in [0.1, 0.15) is 0 Å². The second-order valence-corrected chi connectivity index (χ2v) is 2.80. The van der Waals surface area contributed by atoms with E-state index in [1.165, 1.54) is 11.1 Å². The molecule has 1 rings (SSSR count). The molecule has 0 bridgehead atoms. The van der Waals surface area contributed by atoms with Crippen molar-refractivity contribution in [3.05, 3.63) is 60.7 Å². The molecule has 1 heteroatoms. The summed E-state index contributed by atoms with van der Waals surface area (Å²) >= 11 is 0. The zero-order valence-electron chi connectivity index (χ0n) is 8.00. The van der Waals surface area contributed by atoms with E-state index in [-0.39, 0.29) is 9.90 Å². The van der Waals surface area contributed by atoms with Crippen LogP contribution in [0.5, 0.6) is 0 Å². The number of hydrogen-bond donors (Lipinski definition) is 0. The summed E-state index contributed by atoms with van der Waals surface area (Å²) in [5.74, 6) is 0.